The van der Waals surface area contributed by atoms with Crippen LogP contribution < -0.4 is 11.1 Å². The van der Waals surface area contributed by atoms with Crippen molar-refractivity contribution in [2.45, 2.75) is 0 Å². The summed E-state index contributed by atoms with van der Waals surface area (Å²) in [5.41, 5.74) is 5.02. The Morgan fingerprint density at radius 3 is 2.82 bits per heavy atom. The molecule has 0 aromatic heterocycles. The van der Waals surface area contributed by atoms with Crippen LogP contribution in [-0.2, 0) is 9.53 Å². The third-order valence-electron chi connectivity index (χ3n) is 0.990. The topological polar surface area (TPSA) is 84.6 Å². The van der Waals surface area contributed by atoms with Crippen molar-refractivity contribution in [3.63, 3.8) is 0 Å². The van der Waals surface area contributed by atoms with Gasteiger partial charge in [-0.05, 0) is 0 Å². The zero-order valence-corrected chi connectivity index (χ0v) is 6.38. The number of hydrogen-bond donors (Lipinski definition) is 3. The minimum atomic E-state index is -0.197. The summed E-state index contributed by atoms with van der Waals surface area (Å²) in [6, 6.07) is 0. The molecule has 0 rings (SSSR count). The van der Waals surface area contributed by atoms with E-state index in [0.29, 0.717) is 19.8 Å². The molecule has 5 nitrogen and oxygen atoms in total. The van der Waals surface area contributed by atoms with Crippen molar-refractivity contribution in [1.82, 2.24) is 5.32 Å². The van der Waals surface area contributed by atoms with E-state index in [2.05, 4.69) is 5.32 Å². The van der Waals surface area contributed by atoms with E-state index in [1.807, 2.05) is 0 Å². The highest BCUT2D eigenvalue weighted by atomic mass is 16.5. The van der Waals surface area contributed by atoms with Gasteiger partial charge < -0.3 is 20.9 Å². The van der Waals surface area contributed by atoms with Crippen LogP contribution in [0.15, 0.2) is 0 Å². The summed E-state index contributed by atoms with van der Waals surface area (Å²) in [6.07, 6.45) is 0. The second kappa shape index (κ2) is 7.46. The van der Waals surface area contributed by atoms with Gasteiger partial charge >= 0.3 is 0 Å². The maximum Gasteiger partial charge on any atom is 0.233 e. The van der Waals surface area contributed by atoms with E-state index < -0.39 is 0 Å². The summed E-state index contributed by atoms with van der Waals surface area (Å²) in [5, 5.41) is 10.8. The summed E-state index contributed by atoms with van der Waals surface area (Å²) in [7, 11) is 0. The van der Waals surface area contributed by atoms with Gasteiger partial charge in [-0.1, -0.05) is 0 Å². The molecule has 0 aromatic rings. The molecular weight excluding hydrogens is 148 g/mol. The first kappa shape index (κ1) is 10.3. The number of aliphatic hydroxyl groups excluding tert-OH is 1. The molecule has 0 saturated carbocycles. The van der Waals surface area contributed by atoms with Crippen LogP contribution in [-0.4, -0.2) is 43.9 Å². The highest BCUT2D eigenvalue weighted by Gasteiger charge is 1.93. The molecule has 66 valence electrons. The van der Waals surface area contributed by atoms with Gasteiger partial charge in [0, 0.05) is 6.54 Å². The SMILES string of the molecule is NCC(=O)NCCOCCO. The Labute approximate surface area is 65.5 Å². The number of carbonyl (C=O) groups excluding carboxylic acids is 1. The smallest absolute Gasteiger partial charge is 0.233 e. The predicted molar refractivity (Wildman–Crippen MR) is 40.0 cm³/mol. The third kappa shape index (κ3) is 7.24. The van der Waals surface area contributed by atoms with Crippen molar-refractivity contribution in [3.8, 4) is 0 Å². The Morgan fingerprint density at radius 1 is 1.55 bits per heavy atom. The number of rotatable bonds is 6. The van der Waals surface area contributed by atoms with Crippen LogP contribution in [0, 0.1) is 0 Å². The van der Waals surface area contributed by atoms with E-state index in [9.17, 15) is 4.79 Å². The summed E-state index contributed by atoms with van der Waals surface area (Å²) in [6.45, 7) is 1.16. The maximum atomic E-state index is 10.5. The number of nitrogens with two attached hydrogens (primary N) is 1. The zero-order chi connectivity index (χ0) is 8.53. The van der Waals surface area contributed by atoms with Crippen LogP contribution in [0.2, 0.25) is 0 Å². The quantitative estimate of drug-likeness (QED) is 0.397. The standard InChI is InChI=1S/C6H14N2O3/c7-5-6(10)8-1-3-11-4-2-9/h9H,1-5,7H2,(H,8,10). The first-order chi connectivity index (χ1) is 5.31. The largest absolute Gasteiger partial charge is 0.394 e. The highest BCUT2D eigenvalue weighted by Crippen LogP contribution is 1.70. The molecule has 0 aliphatic heterocycles. The first-order valence-electron chi connectivity index (χ1n) is 3.46. The molecule has 0 fully saturated rings. The lowest BCUT2D eigenvalue weighted by atomic mass is 10.5. The second-order valence-electron chi connectivity index (χ2n) is 1.89. The Balaban J connectivity index is 2.95. The Kier molecular flexibility index (Phi) is 7.02. The number of aliphatic hydroxyl groups is 1. The number of carbonyl (C=O) groups is 1. The molecule has 0 saturated heterocycles. The summed E-state index contributed by atoms with van der Waals surface area (Å²) >= 11 is 0. The van der Waals surface area contributed by atoms with E-state index in [1.165, 1.54) is 0 Å². The van der Waals surface area contributed by atoms with Crippen molar-refractivity contribution in [2.75, 3.05) is 32.9 Å². The lowest BCUT2D eigenvalue weighted by Gasteiger charge is -2.03. The molecule has 0 aromatic carbocycles. The molecule has 0 aliphatic carbocycles. The molecule has 5 heteroatoms. The lowest BCUT2D eigenvalue weighted by molar-refractivity contribution is -0.119. The van der Waals surface area contributed by atoms with Gasteiger partial charge in [-0.3, -0.25) is 4.79 Å². The number of ether oxygens (including phenoxy) is 1. The number of nitrogens with one attached hydrogen (secondary N) is 1. The van der Waals surface area contributed by atoms with E-state index in [0.717, 1.165) is 0 Å². The van der Waals surface area contributed by atoms with Gasteiger partial charge in [0.05, 0.1) is 26.4 Å². The molecule has 0 unspecified atom stereocenters. The number of amides is 1. The van der Waals surface area contributed by atoms with Crippen LogP contribution in [0.4, 0.5) is 0 Å². The highest BCUT2D eigenvalue weighted by molar-refractivity contribution is 5.77. The molecule has 0 heterocycles. The average molecular weight is 162 g/mol. The van der Waals surface area contributed by atoms with E-state index in [-0.39, 0.29) is 19.1 Å². The Morgan fingerprint density at radius 2 is 2.27 bits per heavy atom. The zero-order valence-electron chi connectivity index (χ0n) is 6.38. The fourth-order valence-electron chi connectivity index (χ4n) is 0.501. The molecule has 11 heavy (non-hydrogen) atoms. The molecular formula is C6H14N2O3. The maximum absolute atomic E-state index is 10.5. The van der Waals surface area contributed by atoms with Crippen LogP contribution in [0.5, 0.6) is 0 Å². The van der Waals surface area contributed by atoms with Crippen LogP contribution in [0.3, 0.4) is 0 Å². The van der Waals surface area contributed by atoms with Gasteiger partial charge in [0.1, 0.15) is 0 Å². The van der Waals surface area contributed by atoms with Gasteiger partial charge in [-0.25, -0.2) is 0 Å². The monoisotopic (exact) mass is 162 g/mol. The first-order valence-corrected chi connectivity index (χ1v) is 3.46. The second-order valence-corrected chi connectivity index (χ2v) is 1.89. The predicted octanol–water partition coefficient (Wildman–Crippen LogP) is -1.93. The number of hydrogen-bond acceptors (Lipinski definition) is 4. The molecule has 0 aliphatic rings. The summed E-state index contributed by atoms with van der Waals surface area (Å²) in [4.78, 5) is 10.5. The molecule has 0 bridgehead atoms. The molecule has 0 spiro atoms. The van der Waals surface area contributed by atoms with Crippen molar-refractivity contribution in [1.29, 1.82) is 0 Å². The van der Waals surface area contributed by atoms with Crippen molar-refractivity contribution >= 4 is 5.91 Å². The van der Waals surface area contributed by atoms with Gasteiger partial charge in [0.25, 0.3) is 0 Å². The lowest BCUT2D eigenvalue weighted by Crippen LogP contribution is -2.32. The Bertz CT molecular complexity index is 108. The van der Waals surface area contributed by atoms with Gasteiger partial charge in [0.15, 0.2) is 0 Å². The molecule has 1 amide bonds. The van der Waals surface area contributed by atoms with E-state index >= 15 is 0 Å². The molecule has 4 N–H and O–H groups in total. The normalized spacial score (nSPS) is 9.64. The van der Waals surface area contributed by atoms with Crippen LogP contribution in [0.25, 0.3) is 0 Å². The van der Waals surface area contributed by atoms with Crippen molar-refractivity contribution in [2.24, 2.45) is 5.73 Å². The van der Waals surface area contributed by atoms with Gasteiger partial charge in [-0.15, -0.1) is 0 Å². The van der Waals surface area contributed by atoms with E-state index in [1.54, 1.807) is 0 Å². The van der Waals surface area contributed by atoms with E-state index in [4.69, 9.17) is 15.6 Å². The van der Waals surface area contributed by atoms with Crippen molar-refractivity contribution in [3.05, 3.63) is 0 Å². The Hall–Kier alpha value is -0.650. The minimum Gasteiger partial charge on any atom is -0.394 e. The summed E-state index contributed by atoms with van der Waals surface area (Å²) in [5.74, 6) is -0.197. The molecule has 0 atom stereocenters. The van der Waals surface area contributed by atoms with Gasteiger partial charge in [-0.2, -0.15) is 0 Å². The van der Waals surface area contributed by atoms with Crippen LogP contribution in [0.1, 0.15) is 0 Å². The minimum absolute atomic E-state index is 0.000000000000000222. The van der Waals surface area contributed by atoms with Crippen molar-refractivity contribution < 1.29 is 14.6 Å². The fraction of sp³-hybridized carbons (Fsp3) is 0.833. The van der Waals surface area contributed by atoms with Gasteiger partial charge in [0.2, 0.25) is 5.91 Å². The summed E-state index contributed by atoms with van der Waals surface area (Å²) < 4.78 is 4.87. The average Bonchev–Trinajstić information content (AvgIpc) is 2.04. The third-order valence-corrected chi connectivity index (χ3v) is 0.990. The molecule has 0 radical (unpaired) electrons. The fourth-order valence-corrected chi connectivity index (χ4v) is 0.501. The van der Waals surface area contributed by atoms with Crippen LogP contribution >= 0.6 is 0 Å².